The summed E-state index contributed by atoms with van der Waals surface area (Å²) in [4.78, 5) is 35.9. The number of carbonyl (C=O) groups is 3. The first-order valence-corrected chi connectivity index (χ1v) is 9.92. The zero-order valence-corrected chi connectivity index (χ0v) is 19.1. The van der Waals surface area contributed by atoms with Crippen LogP contribution in [0, 0.1) is 10.8 Å². The molecule has 28 heavy (non-hydrogen) atoms. The van der Waals surface area contributed by atoms with Crippen molar-refractivity contribution in [3.05, 3.63) is 0 Å². The molecule has 0 saturated heterocycles. The Balaban J connectivity index is 5.13. The molecule has 0 aliphatic carbocycles. The van der Waals surface area contributed by atoms with Crippen molar-refractivity contribution in [3.8, 4) is 0 Å². The third-order valence-corrected chi connectivity index (χ3v) is 4.18. The molecule has 0 aromatic carbocycles. The average molecular weight is 401 g/mol. The van der Waals surface area contributed by atoms with Gasteiger partial charge in [-0.05, 0) is 50.9 Å². The number of carbonyl (C=O) groups excluding carboxylic acids is 2. The van der Waals surface area contributed by atoms with Gasteiger partial charge in [0.05, 0.1) is 0 Å². The van der Waals surface area contributed by atoms with Crippen molar-refractivity contribution < 1.29 is 24.2 Å². The predicted octanol–water partition coefficient (Wildman–Crippen LogP) is 4.10. The summed E-state index contributed by atoms with van der Waals surface area (Å²) >= 11 is 0. The fourth-order valence-electron chi connectivity index (χ4n) is 2.55. The molecule has 2 atom stereocenters. The van der Waals surface area contributed by atoms with Crippen molar-refractivity contribution in [1.29, 1.82) is 0 Å². The molecule has 2 unspecified atom stereocenters. The molecule has 7 nitrogen and oxygen atoms in total. The van der Waals surface area contributed by atoms with E-state index in [1.54, 1.807) is 20.8 Å². The Bertz CT molecular complexity index is 538. The highest BCUT2D eigenvalue weighted by atomic mass is 16.6. The number of rotatable bonds is 8. The van der Waals surface area contributed by atoms with Crippen molar-refractivity contribution in [2.45, 2.75) is 106 Å². The van der Waals surface area contributed by atoms with Crippen LogP contribution in [0.1, 0.15) is 88.0 Å². The van der Waals surface area contributed by atoms with Crippen LogP contribution < -0.4 is 10.6 Å². The number of aliphatic carboxylic acids is 1. The number of nitrogens with one attached hydrogen (secondary N) is 2. The first kappa shape index (κ1) is 26.2. The van der Waals surface area contributed by atoms with Crippen molar-refractivity contribution in [2.75, 3.05) is 0 Å². The standard InChI is InChI=1S/C21H40N2O5/c1-19(2,3)13-12-15(20(4,5)6)23-18(27)22-14(10-11-16(24)25)17(26)28-21(7,8)9/h14-15H,10-13H2,1-9H3,(H,24,25)(H2,22,23,27). The largest absolute Gasteiger partial charge is 0.481 e. The van der Waals surface area contributed by atoms with Crippen LogP contribution >= 0.6 is 0 Å². The Morgan fingerprint density at radius 3 is 1.82 bits per heavy atom. The summed E-state index contributed by atoms with van der Waals surface area (Å²) < 4.78 is 5.32. The van der Waals surface area contributed by atoms with Crippen LogP contribution in [0.25, 0.3) is 0 Å². The van der Waals surface area contributed by atoms with Gasteiger partial charge < -0.3 is 20.5 Å². The lowest BCUT2D eigenvalue weighted by Crippen LogP contribution is -2.53. The molecular weight excluding hydrogens is 360 g/mol. The molecule has 0 heterocycles. The fraction of sp³-hybridized carbons (Fsp3) is 0.857. The molecule has 3 N–H and O–H groups in total. The van der Waals surface area contributed by atoms with Gasteiger partial charge in [-0.25, -0.2) is 9.59 Å². The Hall–Kier alpha value is -1.79. The third kappa shape index (κ3) is 12.6. The first-order valence-electron chi connectivity index (χ1n) is 9.92. The Kier molecular flexibility index (Phi) is 9.47. The Morgan fingerprint density at radius 1 is 0.893 bits per heavy atom. The maximum absolute atomic E-state index is 12.6. The number of urea groups is 1. The monoisotopic (exact) mass is 400 g/mol. The van der Waals surface area contributed by atoms with Crippen molar-refractivity contribution in [3.63, 3.8) is 0 Å². The normalized spacial score (nSPS) is 14.8. The predicted molar refractivity (Wildman–Crippen MR) is 110 cm³/mol. The molecule has 0 saturated carbocycles. The molecular formula is C21H40N2O5. The summed E-state index contributed by atoms with van der Waals surface area (Å²) in [6, 6.07) is -1.60. The second-order valence-electron chi connectivity index (χ2n) is 10.7. The van der Waals surface area contributed by atoms with Crippen LogP contribution in [0.2, 0.25) is 0 Å². The number of esters is 1. The molecule has 0 aromatic rings. The lowest BCUT2D eigenvalue weighted by atomic mass is 9.80. The number of hydrogen-bond acceptors (Lipinski definition) is 4. The smallest absolute Gasteiger partial charge is 0.329 e. The quantitative estimate of drug-likeness (QED) is 0.532. The van der Waals surface area contributed by atoms with Crippen LogP contribution in [0.4, 0.5) is 4.79 Å². The molecule has 0 bridgehead atoms. The molecule has 0 radical (unpaired) electrons. The molecule has 2 amide bonds. The summed E-state index contributed by atoms with van der Waals surface area (Å²) in [5, 5.41) is 14.5. The van der Waals surface area contributed by atoms with Crippen LogP contribution in [-0.2, 0) is 14.3 Å². The second-order valence-corrected chi connectivity index (χ2v) is 10.7. The summed E-state index contributed by atoms with van der Waals surface area (Å²) in [5.74, 6) is -1.67. The van der Waals surface area contributed by atoms with Gasteiger partial charge in [0.2, 0.25) is 0 Å². The molecule has 0 aliphatic rings. The number of amides is 2. The minimum atomic E-state index is -1.03. The molecule has 0 rings (SSSR count). The fourth-order valence-corrected chi connectivity index (χ4v) is 2.55. The van der Waals surface area contributed by atoms with Gasteiger partial charge >= 0.3 is 18.0 Å². The van der Waals surface area contributed by atoms with E-state index in [-0.39, 0.29) is 29.7 Å². The Labute approximate surface area is 170 Å². The van der Waals surface area contributed by atoms with Crippen molar-refractivity contribution >= 4 is 18.0 Å². The van der Waals surface area contributed by atoms with Crippen LogP contribution in [-0.4, -0.2) is 40.8 Å². The van der Waals surface area contributed by atoms with E-state index in [2.05, 4.69) is 52.2 Å². The van der Waals surface area contributed by atoms with Crippen molar-refractivity contribution in [2.24, 2.45) is 10.8 Å². The number of ether oxygens (including phenoxy) is 1. The second kappa shape index (κ2) is 10.1. The van der Waals surface area contributed by atoms with Gasteiger partial charge in [-0.2, -0.15) is 0 Å². The van der Waals surface area contributed by atoms with Gasteiger partial charge in [0, 0.05) is 12.5 Å². The molecule has 0 aliphatic heterocycles. The van der Waals surface area contributed by atoms with E-state index >= 15 is 0 Å². The van der Waals surface area contributed by atoms with Gasteiger partial charge in [0.1, 0.15) is 11.6 Å². The number of hydrogen-bond donors (Lipinski definition) is 3. The topological polar surface area (TPSA) is 105 Å². The zero-order valence-electron chi connectivity index (χ0n) is 19.1. The average Bonchev–Trinajstić information content (AvgIpc) is 2.43. The highest BCUT2D eigenvalue weighted by molar-refractivity contribution is 5.84. The summed E-state index contributed by atoms with van der Waals surface area (Å²) in [5.41, 5.74) is -0.745. The highest BCUT2D eigenvalue weighted by Crippen LogP contribution is 2.28. The van der Waals surface area contributed by atoms with Gasteiger partial charge in [-0.15, -0.1) is 0 Å². The van der Waals surface area contributed by atoms with Crippen molar-refractivity contribution in [1.82, 2.24) is 10.6 Å². The molecule has 0 spiro atoms. The van der Waals surface area contributed by atoms with E-state index < -0.39 is 29.6 Å². The van der Waals surface area contributed by atoms with Crippen LogP contribution in [0.5, 0.6) is 0 Å². The minimum absolute atomic E-state index is 0.0279. The first-order chi connectivity index (χ1) is 12.4. The summed E-state index contributed by atoms with van der Waals surface area (Å²) in [6.45, 7) is 17.8. The minimum Gasteiger partial charge on any atom is -0.481 e. The van der Waals surface area contributed by atoms with E-state index in [0.717, 1.165) is 12.8 Å². The summed E-state index contributed by atoms with van der Waals surface area (Å²) in [6.07, 6.45) is 1.47. The van der Waals surface area contributed by atoms with Gasteiger partial charge in [-0.3, -0.25) is 4.79 Å². The SMILES string of the molecule is CC(C)(C)CCC(NC(=O)NC(CCC(=O)O)C(=O)OC(C)(C)C)C(C)(C)C. The molecule has 0 fully saturated rings. The molecule has 7 heteroatoms. The van der Waals surface area contributed by atoms with E-state index in [1.165, 1.54) is 0 Å². The van der Waals surface area contributed by atoms with E-state index in [4.69, 9.17) is 9.84 Å². The lowest BCUT2D eigenvalue weighted by Gasteiger charge is -2.34. The lowest BCUT2D eigenvalue weighted by molar-refractivity contribution is -0.157. The maximum Gasteiger partial charge on any atom is 0.329 e. The summed E-state index contributed by atoms with van der Waals surface area (Å²) in [7, 11) is 0. The molecule has 164 valence electrons. The zero-order chi connectivity index (χ0) is 22.3. The number of carboxylic acid groups (broad SMARTS) is 1. The molecule has 0 aromatic heterocycles. The highest BCUT2D eigenvalue weighted by Gasteiger charge is 2.31. The van der Waals surface area contributed by atoms with Gasteiger partial charge in [0.25, 0.3) is 0 Å². The van der Waals surface area contributed by atoms with Crippen LogP contribution in [0.15, 0.2) is 0 Å². The van der Waals surface area contributed by atoms with E-state index in [0.29, 0.717) is 0 Å². The maximum atomic E-state index is 12.6. The van der Waals surface area contributed by atoms with Crippen LogP contribution in [0.3, 0.4) is 0 Å². The Morgan fingerprint density at radius 2 is 1.43 bits per heavy atom. The van der Waals surface area contributed by atoms with E-state index in [1.807, 2.05) is 0 Å². The van der Waals surface area contributed by atoms with Gasteiger partial charge in [-0.1, -0.05) is 41.5 Å². The third-order valence-electron chi connectivity index (χ3n) is 4.18. The van der Waals surface area contributed by atoms with E-state index in [9.17, 15) is 14.4 Å². The van der Waals surface area contributed by atoms with Gasteiger partial charge in [0.15, 0.2) is 0 Å². The number of carboxylic acids is 1.